The Bertz CT molecular complexity index is 654. The number of Topliss-reactive ketones (excluding diaryl/α,β-unsaturated/α-hetero) is 1. The average Bonchev–Trinajstić information content (AvgIpc) is 2.46. The second-order valence-electron chi connectivity index (χ2n) is 4.15. The summed E-state index contributed by atoms with van der Waals surface area (Å²) in [5.41, 5.74) is 3.32. The molecule has 1 heterocycles. The lowest BCUT2D eigenvalue weighted by Crippen LogP contribution is -2.02. The van der Waals surface area contributed by atoms with E-state index in [0.29, 0.717) is 0 Å². The number of hydrogen-bond acceptors (Lipinski definition) is 2. The predicted molar refractivity (Wildman–Crippen MR) is 87.1 cm³/mol. The minimum atomic E-state index is 0.0559. The lowest BCUT2D eigenvalue weighted by Gasteiger charge is -2.10. The van der Waals surface area contributed by atoms with Gasteiger partial charge in [0, 0.05) is 22.2 Å². The standard InChI is InChI=1S/C16H15NO.C2H6/c1-4-5-8-13-11(2)17-15-10-7-6-9-14(15)16(13)12(3)18;1-2/h4-10H,1H2,2-3H3;1-2H3/b8-5-;. The normalized spacial score (nSPS) is 10.2. The molecule has 0 N–H and O–H groups in total. The van der Waals surface area contributed by atoms with Crippen LogP contribution in [-0.2, 0) is 0 Å². The molecule has 0 aliphatic rings. The Hall–Kier alpha value is -2.22. The Labute approximate surface area is 120 Å². The molecule has 0 saturated carbocycles. The fourth-order valence-electron chi connectivity index (χ4n) is 2.10. The number of aromatic nitrogens is 1. The second kappa shape index (κ2) is 7.39. The lowest BCUT2D eigenvalue weighted by atomic mass is 9.97. The zero-order valence-corrected chi connectivity index (χ0v) is 12.6. The third-order valence-electron chi connectivity index (χ3n) is 2.87. The number of carbonyl (C=O) groups is 1. The van der Waals surface area contributed by atoms with Gasteiger partial charge in [-0.25, -0.2) is 0 Å². The second-order valence-corrected chi connectivity index (χ2v) is 4.15. The number of ketones is 1. The van der Waals surface area contributed by atoms with Gasteiger partial charge in [-0.1, -0.05) is 56.9 Å². The highest BCUT2D eigenvalue weighted by Crippen LogP contribution is 2.24. The molecule has 0 aliphatic carbocycles. The van der Waals surface area contributed by atoms with E-state index >= 15 is 0 Å². The van der Waals surface area contributed by atoms with Crippen molar-refractivity contribution in [3.05, 3.63) is 59.8 Å². The first-order valence-electron chi connectivity index (χ1n) is 6.84. The number of nitrogens with zero attached hydrogens (tertiary/aromatic N) is 1. The van der Waals surface area contributed by atoms with Gasteiger partial charge in [0.05, 0.1) is 5.52 Å². The number of aryl methyl sites for hydroxylation is 1. The zero-order valence-electron chi connectivity index (χ0n) is 12.6. The molecule has 1 aromatic carbocycles. The smallest absolute Gasteiger partial charge is 0.161 e. The molecule has 0 atom stereocenters. The molecular formula is C18H21NO. The maximum absolute atomic E-state index is 11.9. The SMILES string of the molecule is C=C/C=C\c1c(C)nc2ccccc2c1C(C)=O.CC. The van der Waals surface area contributed by atoms with Crippen LogP contribution in [0.1, 0.15) is 42.4 Å². The van der Waals surface area contributed by atoms with E-state index in [9.17, 15) is 4.79 Å². The molecule has 0 spiro atoms. The topological polar surface area (TPSA) is 30.0 Å². The molecule has 20 heavy (non-hydrogen) atoms. The van der Waals surface area contributed by atoms with Gasteiger partial charge in [0.1, 0.15) is 0 Å². The first-order valence-corrected chi connectivity index (χ1v) is 6.84. The number of benzene rings is 1. The van der Waals surface area contributed by atoms with E-state index in [-0.39, 0.29) is 5.78 Å². The number of carbonyl (C=O) groups excluding carboxylic acids is 1. The third-order valence-corrected chi connectivity index (χ3v) is 2.87. The lowest BCUT2D eigenvalue weighted by molar-refractivity contribution is 0.101. The summed E-state index contributed by atoms with van der Waals surface area (Å²) in [7, 11) is 0. The van der Waals surface area contributed by atoms with E-state index in [2.05, 4.69) is 11.6 Å². The van der Waals surface area contributed by atoms with Gasteiger partial charge in [-0.05, 0) is 19.9 Å². The summed E-state index contributed by atoms with van der Waals surface area (Å²) in [5, 5.41) is 0.902. The minimum Gasteiger partial charge on any atom is -0.294 e. The molecule has 2 aromatic rings. The van der Waals surface area contributed by atoms with Crippen LogP contribution in [0.2, 0.25) is 0 Å². The maximum Gasteiger partial charge on any atom is 0.161 e. The third kappa shape index (κ3) is 3.21. The Morgan fingerprint density at radius 1 is 1.25 bits per heavy atom. The Balaban J connectivity index is 0.000000956. The molecule has 0 aliphatic heterocycles. The van der Waals surface area contributed by atoms with Crippen molar-refractivity contribution < 1.29 is 4.79 Å². The van der Waals surface area contributed by atoms with Crippen LogP contribution in [0, 0.1) is 6.92 Å². The fraction of sp³-hybridized carbons (Fsp3) is 0.222. The van der Waals surface area contributed by atoms with Gasteiger partial charge in [-0.15, -0.1) is 0 Å². The maximum atomic E-state index is 11.9. The molecule has 0 fully saturated rings. The van der Waals surface area contributed by atoms with Crippen molar-refractivity contribution in [2.24, 2.45) is 0 Å². The number of rotatable bonds is 3. The van der Waals surface area contributed by atoms with Crippen molar-refractivity contribution in [2.45, 2.75) is 27.7 Å². The highest BCUT2D eigenvalue weighted by Gasteiger charge is 2.13. The number of allylic oxidation sites excluding steroid dienone is 2. The van der Waals surface area contributed by atoms with Gasteiger partial charge < -0.3 is 0 Å². The molecule has 2 heteroatoms. The first kappa shape index (κ1) is 15.8. The summed E-state index contributed by atoms with van der Waals surface area (Å²) >= 11 is 0. The van der Waals surface area contributed by atoms with Crippen LogP contribution in [-0.4, -0.2) is 10.8 Å². The van der Waals surface area contributed by atoms with Crippen LogP contribution in [0.25, 0.3) is 17.0 Å². The van der Waals surface area contributed by atoms with Gasteiger partial charge in [-0.2, -0.15) is 0 Å². The van der Waals surface area contributed by atoms with E-state index < -0.39 is 0 Å². The van der Waals surface area contributed by atoms with Crippen molar-refractivity contribution in [2.75, 3.05) is 0 Å². The predicted octanol–water partition coefficient (Wildman–Crippen LogP) is 4.97. The number of pyridine rings is 1. The van der Waals surface area contributed by atoms with Crippen LogP contribution in [0.4, 0.5) is 0 Å². The van der Waals surface area contributed by atoms with E-state index in [4.69, 9.17) is 0 Å². The Morgan fingerprint density at radius 3 is 2.50 bits per heavy atom. The molecule has 0 saturated heterocycles. The van der Waals surface area contributed by atoms with Gasteiger partial charge in [0.25, 0.3) is 0 Å². The quantitative estimate of drug-likeness (QED) is 0.580. The van der Waals surface area contributed by atoms with Crippen molar-refractivity contribution in [3.8, 4) is 0 Å². The summed E-state index contributed by atoms with van der Waals surface area (Å²) in [6.45, 7) is 11.2. The summed E-state index contributed by atoms with van der Waals surface area (Å²) in [6.07, 6.45) is 5.41. The van der Waals surface area contributed by atoms with Crippen molar-refractivity contribution in [1.82, 2.24) is 4.98 Å². The molecular weight excluding hydrogens is 246 g/mol. The van der Waals surface area contributed by atoms with Crippen molar-refractivity contribution in [3.63, 3.8) is 0 Å². The average molecular weight is 267 g/mol. The van der Waals surface area contributed by atoms with Gasteiger partial charge in [0.2, 0.25) is 0 Å². The van der Waals surface area contributed by atoms with E-state index in [1.807, 2.05) is 57.2 Å². The number of para-hydroxylation sites is 1. The van der Waals surface area contributed by atoms with Crippen LogP contribution in [0.3, 0.4) is 0 Å². The van der Waals surface area contributed by atoms with Crippen molar-refractivity contribution >= 4 is 22.8 Å². The Morgan fingerprint density at radius 2 is 1.90 bits per heavy atom. The molecule has 2 nitrogen and oxygen atoms in total. The minimum absolute atomic E-state index is 0.0559. The van der Waals surface area contributed by atoms with Gasteiger partial charge in [-0.3, -0.25) is 9.78 Å². The number of hydrogen-bond donors (Lipinski definition) is 0. The summed E-state index contributed by atoms with van der Waals surface area (Å²) < 4.78 is 0. The highest BCUT2D eigenvalue weighted by molar-refractivity contribution is 6.09. The summed E-state index contributed by atoms with van der Waals surface area (Å²) in [5.74, 6) is 0.0559. The first-order chi connectivity index (χ1) is 9.65. The van der Waals surface area contributed by atoms with Crippen LogP contribution in [0.15, 0.2) is 43.0 Å². The molecule has 0 unspecified atom stereocenters. The molecule has 0 amide bonds. The zero-order chi connectivity index (χ0) is 15.1. The van der Waals surface area contributed by atoms with E-state index in [1.165, 1.54) is 0 Å². The Kier molecular flexibility index (Phi) is 5.85. The van der Waals surface area contributed by atoms with Gasteiger partial charge in [0.15, 0.2) is 5.78 Å². The fourth-order valence-corrected chi connectivity index (χ4v) is 2.10. The van der Waals surface area contributed by atoms with Crippen LogP contribution >= 0.6 is 0 Å². The monoisotopic (exact) mass is 267 g/mol. The molecule has 0 radical (unpaired) electrons. The highest BCUT2D eigenvalue weighted by atomic mass is 16.1. The largest absolute Gasteiger partial charge is 0.294 e. The van der Waals surface area contributed by atoms with Crippen molar-refractivity contribution in [1.29, 1.82) is 0 Å². The number of fused-ring (bicyclic) bond motifs is 1. The molecule has 2 rings (SSSR count). The molecule has 1 aromatic heterocycles. The van der Waals surface area contributed by atoms with Crippen LogP contribution < -0.4 is 0 Å². The molecule has 104 valence electrons. The van der Waals surface area contributed by atoms with E-state index in [0.717, 1.165) is 27.7 Å². The summed E-state index contributed by atoms with van der Waals surface area (Å²) in [4.78, 5) is 16.4. The van der Waals surface area contributed by atoms with E-state index in [1.54, 1.807) is 13.0 Å². The summed E-state index contributed by atoms with van der Waals surface area (Å²) in [6, 6.07) is 7.71. The van der Waals surface area contributed by atoms with Crippen LogP contribution in [0.5, 0.6) is 0 Å². The van der Waals surface area contributed by atoms with Gasteiger partial charge >= 0.3 is 0 Å². The molecule has 0 bridgehead atoms.